The van der Waals surface area contributed by atoms with Gasteiger partial charge in [-0.15, -0.1) is 6.42 Å². The molecular weight excluding hydrogens is 639 g/mol. The zero-order chi connectivity index (χ0) is 33.1. The second kappa shape index (κ2) is 13.7. The summed E-state index contributed by atoms with van der Waals surface area (Å²) in [5, 5.41) is 33.4. The fraction of sp³-hybridized carbons (Fsp3) is 0.344. The van der Waals surface area contributed by atoms with E-state index in [1.807, 2.05) is 18.2 Å². The highest BCUT2D eigenvalue weighted by Gasteiger charge is 2.58. The van der Waals surface area contributed by atoms with E-state index in [0.717, 1.165) is 5.56 Å². The second-order valence-corrected chi connectivity index (χ2v) is 11.4. The van der Waals surface area contributed by atoms with Crippen molar-refractivity contribution >= 4 is 46.3 Å². The lowest BCUT2D eigenvalue weighted by Gasteiger charge is -2.31. The number of halogens is 2. The first kappa shape index (κ1) is 33.3. The molecule has 4 aromatic rings. The van der Waals surface area contributed by atoms with Crippen LogP contribution in [0.3, 0.4) is 0 Å². The fourth-order valence-electron chi connectivity index (χ4n) is 5.33. The number of terminal acetylenes is 1. The standard InChI is InChI=1S/C32H30Cl2N4O8/c1-3-31(43)23(17-45-32(28(40)41,29(42)44-4-2)16-19-10-6-5-7-11-19)46-27(25(31)39)38-18-35-24-22(36-30(34)37-26(24)38)15-14-20-12-8-9-13-21(20)33/h1,5-13,18,23,25,27,39,43H,4,14-17H2,2H3,(H,40,41)/t23-,25+,27-,31-,32?/m1/s1. The average molecular weight is 670 g/mol. The quantitative estimate of drug-likeness (QED) is 0.0878. The van der Waals surface area contributed by atoms with Crippen molar-refractivity contribution in [2.24, 2.45) is 0 Å². The molecular formula is C32H30Cl2N4O8. The van der Waals surface area contributed by atoms with Gasteiger partial charge in [0.1, 0.15) is 17.7 Å². The van der Waals surface area contributed by atoms with Crippen LogP contribution >= 0.6 is 23.2 Å². The van der Waals surface area contributed by atoms with Crippen molar-refractivity contribution in [1.82, 2.24) is 19.5 Å². The Balaban J connectivity index is 1.44. The molecule has 46 heavy (non-hydrogen) atoms. The number of hydrogen-bond donors (Lipinski definition) is 3. The van der Waals surface area contributed by atoms with Crippen LogP contribution in [0.5, 0.6) is 0 Å². The van der Waals surface area contributed by atoms with Gasteiger partial charge in [0.15, 0.2) is 17.5 Å². The van der Waals surface area contributed by atoms with Crippen LogP contribution in [0, 0.1) is 12.3 Å². The average Bonchev–Trinajstić information content (AvgIpc) is 3.57. The summed E-state index contributed by atoms with van der Waals surface area (Å²) in [6.07, 6.45) is 2.92. The topological polar surface area (TPSA) is 166 Å². The maximum atomic E-state index is 13.1. The number of carboxylic acids is 1. The van der Waals surface area contributed by atoms with E-state index in [1.165, 1.54) is 17.8 Å². The molecule has 5 rings (SSSR count). The third kappa shape index (κ3) is 6.30. The number of benzene rings is 2. The molecule has 14 heteroatoms. The van der Waals surface area contributed by atoms with E-state index in [9.17, 15) is 24.9 Å². The number of aliphatic carboxylic acids is 1. The van der Waals surface area contributed by atoms with Crippen LogP contribution in [-0.4, -0.2) is 83.4 Å². The van der Waals surface area contributed by atoms with Crippen LogP contribution in [0.4, 0.5) is 0 Å². The summed E-state index contributed by atoms with van der Waals surface area (Å²) in [5.41, 5.74) is -2.46. The van der Waals surface area contributed by atoms with Gasteiger partial charge in [-0.25, -0.2) is 19.6 Å². The number of rotatable bonds is 12. The van der Waals surface area contributed by atoms with Crippen molar-refractivity contribution in [3.05, 3.63) is 88.1 Å². The van der Waals surface area contributed by atoms with Gasteiger partial charge in [-0.3, -0.25) is 4.57 Å². The number of carbonyl (C=O) groups is 2. The first-order chi connectivity index (χ1) is 22.0. The number of hydrogen-bond acceptors (Lipinski definition) is 10. The Morgan fingerprint density at radius 3 is 2.52 bits per heavy atom. The smallest absolute Gasteiger partial charge is 0.350 e. The van der Waals surface area contributed by atoms with E-state index < -0.39 is 54.6 Å². The van der Waals surface area contributed by atoms with Gasteiger partial charge in [-0.2, -0.15) is 4.98 Å². The third-order valence-corrected chi connectivity index (χ3v) is 8.34. The highest BCUT2D eigenvalue weighted by molar-refractivity contribution is 6.31. The molecule has 1 unspecified atom stereocenters. The lowest BCUT2D eigenvalue weighted by Crippen LogP contribution is -2.55. The molecule has 0 amide bonds. The number of nitrogens with zero attached hydrogens (tertiary/aromatic N) is 4. The number of aliphatic hydroxyl groups is 2. The lowest BCUT2D eigenvalue weighted by atomic mass is 9.92. The van der Waals surface area contributed by atoms with Crippen LogP contribution < -0.4 is 0 Å². The Morgan fingerprint density at radius 1 is 1.13 bits per heavy atom. The van der Waals surface area contributed by atoms with E-state index in [4.69, 9.17) is 43.8 Å². The van der Waals surface area contributed by atoms with Crippen LogP contribution in [0.15, 0.2) is 60.9 Å². The molecule has 5 atom stereocenters. The summed E-state index contributed by atoms with van der Waals surface area (Å²) < 4.78 is 18.2. The van der Waals surface area contributed by atoms with Gasteiger partial charge in [-0.05, 0) is 48.6 Å². The Hall–Kier alpha value is -4.09. The Morgan fingerprint density at radius 2 is 1.85 bits per heavy atom. The molecule has 0 radical (unpaired) electrons. The SMILES string of the molecule is C#C[C@@]1(O)[C@@H](COC(Cc2ccccc2)(C(=O)O)C(=O)OCC)O[C@@H](n2cnc3c(CCc4ccccc4Cl)nc(Cl)nc32)[C@@H]1O. The number of aliphatic hydroxyl groups excluding tert-OH is 1. The predicted molar refractivity (Wildman–Crippen MR) is 166 cm³/mol. The molecule has 0 aliphatic carbocycles. The summed E-state index contributed by atoms with van der Waals surface area (Å²) in [5.74, 6) is -0.623. The molecule has 1 fully saturated rings. The van der Waals surface area contributed by atoms with Crippen molar-refractivity contribution in [2.45, 2.75) is 55.8 Å². The van der Waals surface area contributed by atoms with E-state index >= 15 is 0 Å². The number of aryl methyl sites for hydroxylation is 2. The molecule has 0 saturated carbocycles. The first-order valence-electron chi connectivity index (χ1n) is 14.3. The summed E-state index contributed by atoms with van der Waals surface area (Å²) >= 11 is 12.6. The van der Waals surface area contributed by atoms with Crippen LogP contribution in [0.1, 0.15) is 30.0 Å². The van der Waals surface area contributed by atoms with Gasteiger partial charge in [-0.1, -0.05) is 66.1 Å². The van der Waals surface area contributed by atoms with Gasteiger partial charge in [0.2, 0.25) is 5.28 Å². The maximum absolute atomic E-state index is 13.1. The van der Waals surface area contributed by atoms with E-state index in [-0.39, 0.29) is 17.5 Å². The number of carboxylic acid groups (broad SMARTS) is 1. The van der Waals surface area contributed by atoms with Crippen LogP contribution in [-0.2, 0) is 43.1 Å². The molecule has 0 bridgehead atoms. The van der Waals surface area contributed by atoms with Gasteiger partial charge >= 0.3 is 11.9 Å². The van der Waals surface area contributed by atoms with E-state index in [0.29, 0.717) is 34.6 Å². The van der Waals surface area contributed by atoms with Gasteiger partial charge in [0.25, 0.3) is 5.60 Å². The molecule has 3 heterocycles. The molecule has 2 aromatic carbocycles. The van der Waals surface area contributed by atoms with Crippen molar-refractivity contribution in [1.29, 1.82) is 0 Å². The van der Waals surface area contributed by atoms with Crippen molar-refractivity contribution in [3.63, 3.8) is 0 Å². The minimum absolute atomic E-state index is 0.0930. The Bertz CT molecular complexity index is 1780. The number of aromatic nitrogens is 4. The number of esters is 1. The molecule has 240 valence electrons. The summed E-state index contributed by atoms with van der Waals surface area (Å²) in [6, 6.07) is 15.7. The van der Waals surface area contributed by atoms with Gasteiger partial charge in [0.05, 0.1) is 25.2 Å². The molecule has 1 aliphatic heterocycles. The third-order valence-electron chi connectivity index (χ3n) is 7.80. The van der Waals surface area contributed by atoms with Crippen LogP contribution in [0.2, 0.25) is 10.3 Å². The van der Waals surface area contributed by atoms with Crippen molar-refractivity contribution in [2.75, 3.05) is 13.2 Å². The summed E-state index contributed by atoms with van der Waals surface area (Å²) in [4.78, 5) is 38.7. The molecule has 3 N–H and O–H groups in total. The minimum atomic E-state index is -2.52. The number of imidazole rings is 1. The highest BCUT2D eigenvalue weighted by atomic mass is 35.5. The van der Waals surface area contributed by atoms with Crippen LogP contribution in [0.25, 0.3) is 11.2 Å². The largest absolute Gasteiger partial charge is 0.479 e. The zero-order valence-electron chi connectivity index (χ0n) is 24.5. The molecule has 12 nitrogen and oxygen atoms in total. The second-order valence-electron chi connectivity index (χ2n) is 10.6. The molecule has 0 spiro atoms. The summed E-state index contributed by atoms with van der Waals surface area (Å²) in [7, 11) is 0. The fourth-order valence-corrected chi connectivity index (χ4v) is 5.74. The summed E-state index contributed by atoms with van der Waals surface area (Å²) in [6.45, 7) is 0.704. The van der Waals surface area contributed by atoms with Gasteiger partial charge < -0.3 is 29.5 Å². The maximum Gasteiger partial charge on any atom is 0.350 e. The first-order valence-corrected chi connectivity index (χ1v) is 15.0. The van der Waals surface area contributed by atoms with E-state index in [2.05, 4.69) is 20.9 Å². The van der Waals surface area contributed by atoms with Crippen molar-refractivity contribution in [3.8, 4) is 12.3 Å². The Kier molecular flexibility index (Phi) is 9.93. The zero-order valence-corrected chi connectivity index (χ0v) is 26.1. The Labute approximate surface area is 273 Å². The highest BCUT2D eigenvalue weighted by Crippen LogP contribution is 2.39. The minimum Gasteiger partial charge on any atom is -0.479 e. The van der Waals surface area contributed by atoms with Gasteiger partial charge in [0, 0.05) is 11.4 Å². The lowest BCUT2D eigenvalue weighted by molar-refractivity contribution is -0.194. The number of fused-ring (bicyclic) bond motifs is 1. The number of carbonyl (C=O) groups excluding carboxylic acids is 1. The van der Waals surface area contributed by atoms with Crippen molar-refractivity contribution < 1.29 is 39.1 Å². The monoisotopic (exact) mass is 668 g/mol. The normalized spacial score (nSPS) is 22.3. The molecule has 1 aliphatic rings. The molecule has 2 aromatic heterocycles. The predicted octanol–water partition coefficient (Wildman–Crippen LogP) is 3.19. The van der Waals surface area contributed by atoms with E-state index in [1.54, 1.807) is 36.4 Å². The molecule has 1 saturated heterocycles. The number of ether oxygens (including phenoxy) is 3.